The summed E-state index contributed by atoms with van der Waals surface area (Å²) in [5.74, 6) is -1.47. The third-order valence-corrected chi connectivity index (χ3v) is 6.32. The van der Waals surface area contributed by atoms with Gasteiger partial charge in [0.25, 0.3) is 13.4 Å². The Hall–Kier alpha value is -1.73. The minimum atomic E-state index is -3.79. The van der Waals surface area contributed by atoms with E-state index < -0.39 is 31.5 Å². The molecule has 1 aromatic carbocycles. The Labute approximate surface area is 152 Å². The molecular formula is C17H24N3O5P. The van der Waals surface area contributed by atoms with Crippen molar-refractivity contribution in [1.29, 1.82) is 0 Å². The lowest BCUT2D eigenvalue weighted by Crippen LogP contribution is -2.60. The third-order valence-electron chi connectivity index (χ3n) is 4.81. The van der Waals surface area contributed by atoms with Crippen LogP contribution in [0.2, 0.25) is 0 Å². The summed E-state index contributed by atoms with van der Waals surface area (Å²) in [7, 11) is -3.79. The molecule has 0 bridgehead atoms. The van der Waals surface area contributed by atoms with Crippen LogP contribution >= 0.6 is 7.52 Å². The average Bonchev–Trinajstić information content (AvgIpc) is 2.74. The number of carbonyl (C=O) groups excluding carboxylic acids is 1. The van der Waals surface area contributed by atoms with E-state index in [0.717, 1.165) is 0 Å². The molecule has 8 nitrogen and oxygen atoms in total. The van der Waals surface area contributed by atoms with Gasteiger partial charge in [0, 0.05) is 13.1 Å². The van der Waals surface area contributed by atoms with Gasteiger partial charge in [-0.1, -0.05) is 30.3 Å². The normalized spacial score (nSPS) is 26.7. The number of nitrogens with one attached hydrogen (secondary N) is 1. The Bertz CT molecular complexity index is 714. The van der Waals surface area contributed by atoms with Gasteiger partial charge in [0.1, 0.15) is 6.04 Å². The molecule has 2 fully saturated rings. The molecule has 2 heterocycles. The second kappa shape index (κ2) is 7.88. The standard InChI is InChI=1S/C17H24N3O5P/c21-16-14(18-26(24,25)12-13-6-2-1-3-7-13)8-4-10-19-11-5-9-15(17(22)23)20(16)19/h1-3,6-7,14-15H,4-5,8-12H2,(H,22,23)(H2,18,24,25)/t14-,15-/m0/s1. The molecule has 3 N–H and O–H groups in total. The Morgan fingerprint density at radius 1 is 1.19 bits per heavy atom. The number of hydrogen-bond acceptors (Lipinski definition) is 4. The smallest absolute Gasteiger partial charge is 0.328 e. The van der Waals surface area contributed by atoms with Crippen molar-refractivity contribution < 1.29 is 24.2 Å². The number of fused-ring (bicyclic) bond motifs is 1. The molecule has 9 heteroatoms. The zero-order chi connectivity index (χ0) is 18.7. The highest BCUT2D eigenvalue weighted by Gasteiger charge is 2.42. The van der Waals surface area contributed by atoms with Crippen molar-refractivity contribution in [3.05, 3.63) is 35.9 Å². The van der Waals surface area contributed by atoms with Crippen LogP contribution in [0.25, 0.3) is 0 Å². The van der Waals surface area contributed by atoms with E-state index in [2.05, 4.69) is 5.09 Å². The molecule has 1 aromatic rings. The minimum Gasteiger partial charge on any atom is -0.480 e. The van der Waals surface area contributed by atoms with Crippen LogP contribution in [-0.4, -0.2) is 57.1 Å². The number of nitrogens with zero attached hydrogens (tertiary/aromatic N) is 2. The molecule has 2 aliphatic heterocycles. The zero-order valence-electron chi connectivity index (χ0n) is 14.5. The van der Waals surface area contributed by atoms with E-state index in [9.17, 15) is 24.2 Å². The van der Waals surface area contributed by atoms with Gasteiger partial charge in [-0.05, 0) is 31.2 Å². The van der Waals surface area contributed by atoms with Gasteiger partial charge in [-0.2, -0.15) is 0 Å². The van der Waals surface area contributed by atoms with Gasteiger partial charge in [0.05, 0.1) is 12.2 Å². The first-order valence-electron chi connectivity index (χ1n) is 8.82. The molecule has 0 aromatic heterocycles. The number of benzene rings is 1. The summed E-state index contributed by atoms with van der Waals surface area (Å²) in [4.78, 5) is 34.9. The summed E-state index contributed by atoms with van der Waals surface area (Å²) in [6.45, 7) is 1.20. The lowest BCUT2D eigenvalue weighted by Gasteiger charge is -2.42. The van der Waals surface area contributed by atoms with Crippen molar-refractivity contribution >= 4 is 19.4 Å². The molecule has 0 radical (unpaired) electrons. The minimum absolute atomic E-state index is 0.0797. The van der Waals surface area contributed by atoms with Crippen LogP contribution in [0.1, 0.15) is 31.2 Å². The summed E-state index contributed by atoms with van der Waals surface area (Å²) < 4.78 is 12.6. The highest BCUT2D eigenvalue weighted by molar-refractivity contribution is 7.55. The average molecular weight is 381 g/mol. The number of hydrogen-bond donors (Lipinski definition) is 3. The van der Waals surface area contributed by atoms with Crippen LogP contribution < -0.4 is 5.09 Å². The van der Waals surface area contributed by atoms with Crippen molar-refractivity contribution in [2.24, 2.45) is 0 Å². The monoisotopic (exact) mass is 381 g/mol. The quantitative estimate of drug-likeness (QED) is 0.662. The Balaban J connectivity index is 1.76. The van der Waals surface area contributed by atoms with Gasteiger partial charge in [-0.25, -0.2) is 14.9 Å². The van der Waals surface area contributed by atoms with Crippen molar-refractivity contribution in [2.75, 3.05) is 13.1 Å². The van der Waals surface area contributed by atoms with E-state index in [1.165, 1.54) is 5.01 Å². The maximum atomic E-state index is 13.0. The number of amides is 1. The van der Waals surface area contributed by atoms with Gasteiger partial charge in [0.2, 0.25) is 0 Å². The molecule has 0 aliphatic carbocycles. The van der Waals surface area contributed by atoms with E-state index in [-0.39, 0.29) is 6.16 Å². The molecule has 1 unspecified atom stereocenters. The third kappa shape index (κ3) is 4.32. The molecule has 3 rings (SSSR count). The summed E-state index contributed by atoms with van der Waals surface area (Å²) in [5.41, 5.74) is 0.704. The Morgan fingerprint density at radius 3 is 2.50 bits per heavy atom. The number of carbonyl (C=O) groups is 2. The van der Waals surface area contributed by atoms with E-state index in [4.69, 9.17) is 0 Å². The van der Waals surface area contributed by atoms with Crippen LogP contribution in [0.15, 0.2) is 30.3 Å². The fourth-order valence-electron chi connectivity index (χ4n) is 3.64. The van der Waals surface area contributed by atoms with Crippen molar-refractivity contribution in [3.8, 4) is 0 Å². The molecule has 0 spiro atoms. The number of rotatable bonds is 5. The van der Waals surface area contributed by atoms with Crippen LogP contribution in [0.4, 0.5) is 0 Å². The maximum absolute atomic E-state index is 13.0. The number of carboxylic acids is 1. The molecular weight excluding hydrogens is 357 g/mol. The number of hydrazine groups is 1. The van der Waals surface area contributed by atoms with E-state index in [1.807, 2.05) is 6.07 Å². The molecule has 3 atom stereocenters. The van der Waals surface area contributed by atoms with Gasteiger partial charge >= 0.3 is 5.97 Å². The van der Waals surface area contributed by atoms with Gasteiger partial charge in [-0.3, -0.25) is 14.4 Å². The second-order valence-corrected chi connectivity index (χ2v) is 8.78. The predicted molar refractivity (Wildman–Crippen MR) is 95.2 cm³/mol. The van der Waals surface area contributed by atoms with E-state index in [0.29, 0.717) is 44.3 Å². The first kappa shape index (κ1) is 19.0. The summed E-state index contributed by atoms with van der Waals surface area (Å²) in [6.07, 6.45) is 2.08. The lowest BCUT2D eigenvalue weighted by atomic mass is 10.1. The topological polar surface area (TPSA) is 110 Å². The first-order valence-corrected chi connectivity index (χ1v) is 10.7. The predicted octanol–water partition coefficient (Wildman–Crippen LogP) is 1.42. The van der Waals surface area contributed by atoms with Crippen LogP contribution in [-0.2, 0) is 20.3 Å². The molecule has 26 heavy (non-hydrogen) atoms. The molecule has 2 saturated heterocycles. The van der Waals surface area contributed by atoms with Crippen LogP contribution in [0.5, 0.6) is 0 Å². The second-order valence-electron chi connectivity index (χ2n) is 6.80. The van der Waals surface area contributed by atoms with E-state index >= 15 is 0 Å². The molecule has 142 valence electrons. The molecule has 0 saturated carbocycles. The van der Waals surface area contributed by atoms with Gasteiger partial charge < -0.3 is 10.00 Å². The van der Waals surface area contributed by atoms with Gasteiger partial charge in [0.15, 0.2) is 0 Å². The number of carboxylic acid groups (broad SMARTS) is 1. The zero-order valence-corrected chi connectivity index (χ0v) is 15.3. The highest BCUT2D eigenvalue weighted by Crippen LogP contribution is 2.41. The Kier molecular flexibility index (Phi) is 5.77. The highest BCUT2D eigenvalue weighted by atomic mass is 31.2. The summed E-state index contributed by atoms with van der Waals surface area (Å²) in [6, 6.07) is 7.14. The fraction of sp³-hybridized carbons (Fsp3) is 0.529. The lowest BCUT2D eigenvalue weighted by molar-refractivity contribution is -0.174. The Morgan fingerprint density at radius 2 is 1.85 bits per heavy atom. The fourth-order valence-corrected chi connectivity index (χ4v) is 5.16. The van der Waals surface area contributed by atoms with Crippen LogP contribution in [0.3, 0.4) is 0 Å². The SMILES string of the molecule is O=C(O)[C@@H]1CCCN2CCC[C@H](NP(=O)(O)Cc3ccccc3)C(=O)N12. The summed E-state index contributed by atoms with van der Waals surface area (Å²) >= 11 is 0. The van der Waals surface area contributed by atoms with Crippen molar-refractivity contribution in [3.63, 3.8) is 0 Å². The largest absolute Gasteiger partial charge is 0.480 e. The van der Waals surface area contributed by atoms with E-state index in [1.54, 1.807) is 29.3 Å². The maximum Gasteiger partial charge on any atom is 0.328 e. The summed E-state index contributed by atoms with van der Waals surface area (Å²) in [5, 5.41) is 15.1. The van der Waals surface area contributed by atoms with Gasteiger partial charge in [-0.15, -0.1) is 0 Å². The number of aliphatic carboxylic acids is 1. The van der Waals surface area contributed by atoms with Crippen molar-refractivity contribution in [2.45, 2.75) is 43.9 Å². The molecule has 1 amide bonds. The molecule has 2 aliphatic rings. The van der Waals surface area contributed by atoms with Crippen molar-refractivity contribution in [1.82, 2.24) is 15.1 Å². The first-order chi connectivity index (χ1) is 12.4. The van der Waals surface area contributed by atoms with Crippen LogP contribution in [0, 0.1) is 0 Å².